The van der Waals surface area contributed by atoms with E-state index in [1.807, 2.05) is 48.7 Å². The van der Waals surface area contributed by atoms with Gasteiger partial charge in [0, 0.05) is 41.8 Å². The van der Waals surface area contributed by atoms with Gasteiger partial charge in [0.25, 0.3) is 5.91 Å². The van der Waals surface area contributed by atoms with E-state index in [2.05, 4.69) is 46.8 Å². The fraction of sp³-hybridized carbons (Fsp3) is 0.231. The molecule has 0 radical (unpaired) electrons. The van der Waals surface area contributed by atoms with Gasteiger partial charge in [-0.1, -0.05) is 35.9 Å². The number of carbonyl (C=O) groups excluding carboxylic acids is 1. The molecule has 0 saturated carbocycles. The monoisotopic (exact) mass is 397 g/mol. The Morgan fingerprint density at radius 2 is 1.70 bits per heavy atom. The lowest BCUT2D eigenvalue weighted by Gasteiger charge is -2.11. The molecule has 1 aliphatic rings. The zero-order valence-corrected chi connectivity index (χ0v) is 17.3. The van der Waals surface area contributed by atoms with Crippen molar-refractivity contribution in [1.29, 1.82) is 0 Å². The SMILES string of the molecule is Cc1ccc(C2=C(C(=O)Nc3ccc(NCCc4ccccn4)cc3)CCC2)cc1. The zero-order chi connectivity index (χ0) is 20.8. The molecular formula is C26H27N3O. The van der Waals surface area contributed by atoms with E-state index in [0.29, 0.717) is 0 Å². The Labute approximate surface area is 178 Å². The van der Waals surface area contributed by atoms with Crippen LogP contribution in [0.25, 0.3) is 5.57 Å². The summed E-state index contributed by atoms with van der Waals surface area (Å²) in [4.78, 5) is 17.2. The summed E-state index contributed by atoms with van der Waals surface area (Å²) < 4.78 is 0. The number of aryl methyl sites for hydroxylation is 1. The van der Waals surface area contributed by atoms with Crippen molar-refractivity contribution in [2.75, 3.05) is 17.2 Å². The molecule has 1 heterocycles. The average molecular weight is 398 g/mol. The number of aromatic nitrogens is 1. The average Bonchev–Trinajstić information content (AvgIpc) is 3.26. The molecule has 152 valence electrons. The van der Waals surface area contributed by atoms with Gasteiger partial charge in [-0.25, -0.2) is 0 Å². The van der Waals surface area contributed by atoms with Gasteiger partial charge < -0.3 is 10.6 Å². The van der Waals surface area contributed by atoms with E-state index in [9.17, 15) is 4.79 Å². The molecule has 0 unspecified atom stereocenters. The van der Waals surface area contributed by atoms with Crippen LogP contribution in [0.1, 0.15) is 36.1 Å². The number of pyridine rings is 1. The van der Waals surface area contributed by atoms with E-state index >= 15 is 0 Å². The van der Waals surface area contributed by atoms with Crippen LogP contribution in [0.4, 0.5) is 11.4 Å². The largest absolute Gasteiger partial charge is 0.385 e. The molecule has 0 atom stereocenters. The quantitative estimate of drug-likeness (QED) is 0.544. The van der Waals surface area contributed by atoms with Crippen molar-refractivity contribution in [3.63, 3.8) is 0 Å². The number of hydrogen-bond donors (Lipinski definition) is 2. The highest BCUT2D eigenvalue weighted by molar-refractivity contribution is 6.09. The molecule has 3 aromatic rings. The lowest BCUT2D eigenvalue weighted by molar-refractivity contribution is -0.112. The van der Waals surface area contributed by atoms with E-state index < -0.39 is 0 Å². The molecule has 2 aromatic carbocycles. The van der Waals surface area contributed by atoms with Gasteiger partial charge in [-0.15, -0.1) is 0 Å². The second-order valence-corrected chi connectivity index (χ2v) is 7.71. The number of anilines is 2. The standard InChI is InChI=1S/C26H27N3O/c1-19-8-10-20(11-9-19)24-6-4-7-25(24)26(30)29-23-14-12-22(13-15-23)28-18-16-21-5-2-3-17-27-21/h2-3,5,8-15,17,28H,4,6-7,16,18H2,1H3,(H,29,30). The van der Waals surface area contributed by atoms with Crippen LogP contribution in [0.3, 0.4) is 0 Å². The third-order valence-corrected chi connectivity index (χ3v) is 5.47. The number of carbonyl (C=O) groups is 1. The first kappa shape index (κ1) is 19.9. The molecule has 4 nitrogen and oxygen atoms in total. The Kier molecular flexibility index (Phi) is 6.23. The number of rotatable bonds is 7. The summed E-state index contributed by atoms with van der Waals surface area (Å²) in [6, 6.07) is 22.3. The third-order valence-electron chi connectivity index (χ3n) is 5.47. The Bertz CT molecular complexity index is 1020. The summed E-state index contributed by atoms with van der Waals surface area (Å²) in [5, 5.41) is 6.47. The number of nitrogens with zero attached hydrogens (tertiary/aromatic N) is 1. The van der Waals surface area contributed by atoms with Gasteiger partial charge in [0.1, 0.15) is 0 Å². The lowest BCUT2D eigenvalue weighted by Crippen LogP contribution is -2.14. The molecule has 0 saturated heterocycles. The topological polar surface area (TPSA) is 54.0 Å². The number of allylic oxidation sites excluding steroid dienone is 1. The number of amides is 1. The second-order valence-electron chi connectivity index (χ2n) is 7.71. The first-order chi connectivity index (χ1) is 14.7. The normalized spacial score (nSPS) is 13.4. The van der Waals surface area contributed by atoms with Crippen molar-refractivity contribution in [3.05, 3.63) is 95.3 Å². The summed E-state index contributed by atoms with van der Waals surface area (Å²) in [5.41, 5.74) is 7.41. The fourth-order valence-electron chi connectivity index (χ4n) is 3.83. The lowest BCUT2D eigenvalue weighted by atomic mass is 10.0. The molecule has 1 amide bonds. The summed E-state index contributed by atoms with van der Waals surface area (Å²) in [7, 11) is 0. The van der Waals surface area contributed by atoms with E-state index in [1.54, 1.807) is 0 Å². The van der Waals surface area contributed by atoms with Crippen LogP contribution in [-0.2, 0) is 11.2 Å². The first-order valence-electron chi connectivity index (χ1n) is 10.5. The van der Waals surface area contributed by atoms with Gasteiger partial charge in [-0.3, -0.25) is 9.78 Å². The number of benzene rings is 2. The zero-order valence-electron chi connectivity index (χ0n) is 17.3. The molecule has 0 aliphatic heterocycles. The molecule has 1 aromatic heterocycles. The highest BCUT2D eigenvalue weighted by atomic mass is 16.1. The van der Waals surface area contributed by atoms with E-state index in [1.165, 1.54) is 11.1 Å². The number of nitrogens with one attached hydrogen (secondary N) is 2. The Balaban J connectivity index is 1.36. The van der Waals surface area contributed by atoms with Crippen molar-refractivity contribution < 1.29 is 4.79 Å². The Hall–Kier alpha value is -3.40. The van der Waals surface area contributed by atoms with Crippen molar-refractivity contribution in [2.45, 2.75) is 32.6 Å². The molecule has 0 bridgehead atoms. The van der Waals surface area contributed by atoms with Crippen molar-refractivity contribution >= 4 is 22.9 Å². The predicted octanol–water partition coefficient (Wildman–Crippen LogP) is 5.62. The van der Waals surface area contributed by atoms with Gasteiger partial charge in [-0.05, 0) is 73.7 Å². The maximum atomic E-state index is 12.9. The predicted molar refractivity (Wildman–Crippen MR) is 123 cm³/mol. The van der Waals surface area contributed by atoms with E-state index in [-0.39, 0.29) is 5.91 Å². The third kappa shape index (κ3) is 4.95. The summed E-state index contributed by atoms with van der Waals surface area (Å²) in [6.45, 7) is 2.90. The highest BCUT2D eigenvalue weighted by Crippen LogP contribution is 2.34. The molecule has 0 fully saturated rings. The molecule has 1 aliphatic carbocycles. The Morgan fingerprint density at radius 1 is 0.933 bits per heavy atom. The maximum absolute atomic E-state index is 12.9. The van der Waals surface area contributed by atoms with E-state index in [4.69, 9.17) is 0 Å². The van der Waals surface area contributed by atoms with Gasteiger partial charge in [-0.2, -0.15) is 0 Å². The van der Waals surface area contributed by atoms with Crippen LogP contribution < -0.4 is 10.6 Å². The van der Waals surface area contributed by atoms with Crippen molar-refractivity contribution in [3.8, 4) is 0 Å². The van der Waals surface area contributed by atoms with Gasteiger partial charge in [0.2, 0.25) is 0 Å². The fourth-order valence-corrected chi connectivity index (χ4v) is 3.83. The summed E-state index contributed by atoms with van der Waals surface area (Å²) in [5.74, 6) is 0.0129. The van der Waals surface area contributed by atoms with E-state index in [0.717, 1.165) is 60.4 Å². The second kappa shape index (κ2) is 9.40. The van der Waals surface area contributed by atoms with Crippen LogP contribution >= 0.6 is 0 Å². The smallest absolute Gasteiger partial charge is 0.251 e. The van der Waals surface area contributed by atoms with Crippen molar-refractivity contribution in [1.82, 2.24) is 4.98 Å². The molecule has 4 rings (SSSR count). The molecule has 0 spiro atoms. The van der Waals surface area contributed by atoms with Gasteiger partial charge in [0.15, 0.2) is 0 Å². The summed E-state index contributed by atoms with van der Waals surface area (Å²) in [6.07, 6.45) is 5.52. The van der Waals surface area contributed by atoms with Crippen LogP contribution in [0.2, 0.25) is 0 Å². The van der Waals surface area contributed by atoms with Crippen LogP contribution in [0.5, 0.6) is 0 Å². The van der Waals surface area contributed by atoms with Gasteiger partial charge >= 0.3 is 0 Å². The Morgan fingerprint density at radius 3 is 2.43 bits per heavy atom. The van der Waals surface area contributed by atoms with Crippen molar-refractivity contribution in [2.24, 2.45) is 0 Å². The molecule has 4 heteroatoms. The van der Waals surface area contributed by atoms with Gasteiger partial charge in [0.05, 0.1) is 0 Å². The molecule has 30 heavy (non-hydrogen) atoms. The van der Waals surface area contributed by atoms with Crippen LogP contribution in [-0.4, -0.2) is 17.4 Å². The molecular weight excluding hydrogens is 370 g/mol. The number of hydrogen-bond acceptors (Lipinski definition) is 3. The van der Waals surface area contributed by atoms with Crippen LogP contribution in [0.15, 0.2) is 78.5 Å². The minimum absolute atomic E-state index is 0.0129. The first-order valence-corrected chi connectivity index (χ1v) is 10.5. The minimum atomic E-state index is 0.0129. The molecule has 2 N–H and O–H groups in total. The minimum Gasteiger partial charge on any atom is -0.385 e. The maximum Gasteiger partial charge on any atom is 0.251 e. The highest BCUT2D eigenvalue weighted by Gasteiger charge is 2.22. The summed E-state index contributed by atoms with van der Waals surface area (Å²) >= 11 is 0. The van der Waals surface area contributed by atoms with Crippen LogP contribution in [0, 0.1) is 6.92 Å².